The van der Waals surface area contributed by atoms with Crippen LogP contribution in [0.3, 0.4) is 0 Å². The molecule has 7 aromatic rings. The van der Waals surface area contributed by atoms with Crippen molar-refractivity contribution in [2.24, 2.45) is 0 Å². The van der Waals surface area contributed by atoms with Crippen LogP contribution in [0, 0.1) is 12.7 Å². The van der Waals surface area contributed by atoms with E-state index in [0.29, 0.717) is 72.4 Å². The highest BCUT2D eigenvalue weighted by Crippen LogP contribution is 2.41. The Morgan fingerprint density at radius 3 is 2.34 bits per heavy atom. The molecule has 0 spiro atoms. The molecule has 0 radical (unpaired) electrons. The number of rotatable bonds is 9. The molecule has 0 unspecified atom stereocenters. The van der Waals surface area contributed by atoms with Crippen LogP contribution in [0.15, 0.2) is 77.2 Å². The van der Waals surface area contributed by atoms with Gasteiger partial charge in [0.1, 0.15) is 28.5 Å². The molecule has 0 saturated heterocycles. The Kier molecular flexibility index (Phi) is 8.90. The van der Waals surface area contributed by atoms with Crippen molar-refractivity contribution in [1.82, 2.24) is 29.5 Å². The molecular formula is C39H38FN7O5S. The van der Waals surface area contributed by atoms with Crippen LogP contribution in [0.1, 0.15) is 21.7 Å². The molecular weight excluding hydrogens is 698 g/mol. The number of aryl methyl sites for hydroxylation is 1. The summed E-state index contributed by atoms with van der Waals surface area (Å²) in [6.07, 6.45) is 1.10. The molecule has 12 nitrogen and oxygen atoms in total. The maximum Gasteiger partial charge on any atom is 0.255 e. The number of carbonyl (C=O) groups excluding carboxylic acids is 2. The highest BCUT2D eigenvalue weighted by molar-refractivity contribution is 7.92. The van der Waals surface area contributed by atoms with E-state index in [1.807, 2.05) is 47.5 Å². The fourth-order valence-electron chi connectivity index (χ4n) is 6.53. The van der Waals surface area contributed by atoms with Crippen LogP contribution < -0.4 is 9.62 Å². The van der Waals surface area contributed by atoms with E-state index in [9.17, 15) is 18.0 Å². The van der Waals surface area contributed by atoms with Crippen molar-refractivity contribution in [1.29, 1.82) is 0 Å². The van der Waals surface area contributed by atoms with Crippen molar-refractivity contribution >= 4 is 65.9 Å². The molecule has 1 N–H and O–H groups in total. The van der Waals surface area contributed by atoms with E-state index in [2.05, 4.69) is 5.32 Å². The summed E-state index contributed by atoms with van der Waals surface area (Å²) in [6.45, 7) is 2.39. The number of likely N-dealkylation sites (N-methyl/N-ethyl adjacent to an activating group) is 2. The molecule has 0 aliphatic heterocycles. The van der Waals surface area contributed by atoms with Crippen molar-refractivity contribution in [2.75, 3.05) is 52.3 Å². The predicted molar refractivity (Wildman–Crippen MR) is 205 cm³/mol. The molecule has 14 heteroatoms. The van der Waals surface area contributed by atoms with Gasteiger partial charge in [-0.2, -0.15) is 0 Å². The lowest BCUT2D eigenvalue weighted by Crippen LogP contribution is -2.34. The molecule has 272 valence electrons. The number of sulfonamides is 1. The monoisotopic (exact) mass is 735 g/mol. The number of pyridine rings is 1. The van der Waals surface area contributed by atoms with E-state index in [4.69, 9.17) is 14.4 Å². The molecule has 0 aliphatic carbocycles. The van der Waals surface area contributed by atoms with Crippen LogP contribution in [0.25, 0.3) is 61.0 Å². The number of hydrogen-bond acceptors (Lipinski definition) is 8. The molecule has 53 heavy (non-hydrogen) atoms. The number of furan rings is 1. The Morgan fingerprint density at radius 1 is 0.925 bits per heavy atom. The number of nitrogens with zero attached hydrogens (tertiary/aromatic N) is 6. The van der Waals surface area contributed by atoms with Crippen molar-refractivity contribution in [3.05, 3.63) is 95.6 Å². The average Bonchev–Trinajstić information content (AvgIpc) is 3.70. The van der Waals surface area contributed by atoms with Crippen molar-refractivity contribution in [2.45, 2.75) is 13.5 Å². The van der Waals surface area contributed by atoms with Gasteiger partial charge in [-0.05, 0) is 50.4 Å². The smallest absolute Gasteiger partial charge is 0.255 e. The molecule has 0 atom stereocenters. The third-order valence-corrected chi connectivity index (χ3v) is 10.6. The Hall–Kier alpha value is -5.86. The van der Waals surface area contributed by atoms with Gasteiger partial charge in [0.15, 0.2) is 0 Å². The lowest BCUT2D eigenvalue weighted by molar-refractivity contribution is -0.129. The van der Waals surface area contributed by atoms with Gasteiger partial charge in [0.2, 0.25) is 15.9 Å². The summed E-state index contributed by atoms with van der Waals surface area (Å²) in [6, 6.07) is 20.9. The maximum absolute atomic E-state index is 15.3. The third-order valence-electron chi connectivity index (χ3n) is 9.42. The average molecular weight is 736 g/mol. The highest BCUT2D eigenvalue weighted by Gasteiger charge is 2.27. The number of hydrogen-bond donors (Lipinski definition) is 1. The van der Waals surface area contributed by atoms with Gasteiger partial charge in [0, 0.05) is 56.2 Å². The van der Waals surface area contributed by atoms with Crippen molar-refractivity contribution in [3.8, 4) is 22.6 Å². The van der Waals surface area contributed by atoms with Crippen LogP contribution >= 0.6 is 0 Å². The number of aromatic nitrogens is 3. The summed E-state index contributed by atoms with van der Waals surface area (Å²) in [4.78, 5) is 39.3. The normalized spacial score (nSPS) is 12.0. The first-order valence-corrected chi connectivity index (χ1v) is 18.6. The van der Waals surface area contributed by atoms with Gasteiger partial charge in [-0.1, -0.05) is 35.9 Å². The number of carbonyl (C=O) groups is 2. The first-order valence-electron chi connectivity index (χ1n) is 16.8. The molecule has 3 aromatic carbocycles. The van der Waals surface area contributed by atoms with E-state index in [-0.39, 0.29) is 30.6 Å². The second-order valence-corrected chi connectivity index (χ2v) is 15.5. The lowest BCUT2D eigenvalue weighted by Gasteiger charge is -2.21. The maximum atomic E-state index is 15.3. The van der Waals surface area contributed by atoms with Gasteiger partial charge < -0.3 is 14.6 Å². The summed E-state index contributed by atoms with van der Waals surface area (Å²) >= 11 is 0. The van der Waals surface area contributed by atoms with E-state index in [0.717, 1.165) is 16.1 Å². The van der Waals surface area contributed by atoms with E-state index in [1.165, 1.54) is 25.1 Å². The van der Waals surface area contributed by atoms with E-state index in [1.54, 1.807) is 56.6 Å². The zero-order valence-electron chi connectivity index (χ0n) is 30.4. The van der Waals surface area contributed by atoms with Gasteiger partial charge in [-0.3, -0.25) is 23.2 Å². The van der Waals surface area contributed by atoms with E-state index >= 15 is 4.39 Å². The fraction of sp³-hybridized carbons (Fsp3) is 0.231. The summed E-state index contributed by atoms with van der Waals surface area (Å²) in [7, 11) is 4.41. The zero-order chi connectivity index (χ0) is 37.9. The van der Waals surface area contributed by atoms with Gasteiger partial charge in [-0.15, -0.1) is 0 Å². The Morgan fingerprint density at radius 2 is 1.66 bits per heavy atom. The lowest BCUT2D eigenvalue weighted by atomic mass is 10.00. The van der Waals surface area contributed by atoms with Crippen LogP contribution in [0.5, 0.6) is 0 Å². The predicted octanol–water partition coefficient (Wildman–Crippen LogP) is 5.84. The SMILES string of the molecule is CNC(=O)c1c(-c2ccc(C)cc2)oc2cc(N(C)S(C)(=O)=O)c(-c3ccc4nc(CN(C)CC(=O)N(C)C)n5c6cccc(F)c6cc5c4n3)cc12. The molecule has 4 aromatic heterocycles. The summed E-state index contributed by atoms with van der Waals surface area (Å²) in [5.41, 5.74) is 5.53. The van der Waals surface area contributed by atoms with Crippen LogP contribution in [-0.2, 0) is 21.4 Å². The standard InChI is InChI=1S/C39H38FN7O5S/c1-22-11-13-23(14-12-22)38-36(39(49)41-2)26-17-25(31(19-33(26)52-38)46(6)53(7,50)51)28-15-16-29-37(43-28)32-18-24-27(40)9-8-10-30(24)47(32)34(42-29)20-45(5)21-35(48)44(3)4/h8-19H,20-21H2,1-7H3,(H,41,49). The second kappa shape index (κ2) is 13.3. The molecule has 0 bridgehead atoms. The third kappa shape index (κ3) is 6.33. The number of nitrogens with one attached hydrogen (secondary N) is 1. The minimum absolute atomic E-state index is 0.0748. The van der Waals surface area contributed by atoms with Crippen LogP contribution in [-0.4, -0.2) is 92.4 Å². The molecule has 2 amide bonds. The molecule has 4 heterocycles. The summed E-state index contributed by atoms with van der Waals surface area (Å²) in [5.74, 6) is 0.0559. The largest absolute Gasteiger partial charge is 0.455 e. The van der Waals surface area contributed by atoms with Gasteiger partial charge in [0.05, 0.1) is 52.8 Å². The topological polar surface area (TPSA) is 133 Å². The second-order valence-electron chi connectivity index (χ2n) is 13.4. The minimum atomic E-state index is -3.77. The Balaban J connectivity index is 1.49. The van der Waals surface area contributed by atoms with Crippen LogP contribution in [0.2, 0.25) is 0 Å². The first-order chi connectivity index (χ1) is 25.2. The van der Waals surface area contributed by atoms with E-state index < -0.39 is 15.8 Å². The molecule has 7 rings (SSSR count). The molecule has 0 aliphatic rings. The summed E-state index contributed by atoms with van der Waals surface area (Å²) < 4.78 is 50.6. The number of benzene rings is 3. The highest BCUT2D eigenvalue weighted by atomic mass is 32.2. The van der Waals surface area contributed by atoms with Gasteiger partial charge >= 0.3 is 0 Å². The van der Waals surface area contributed by atoms with Gasteiger partial charge in [-0.25, -0.2) is 22.8 Å². The zero-order valence-corrected chi connectivity index (χ0v) is 31.2. The Labute approximate surface area is 305 Å². The number of amides is 2. The molecule has 0 saturated carbocycles. The molecule has 0 fully saturated rings. The number of fused-ring (bicyclic) bond motifs is 6. The fourth-order valence-corrected chi connectivity index (χ4v) is 7.04. The quantitative estimate of drug-likeness (QED) is 0.196. The summed E-state index contributed by atoms with van der Waals surface area (Å²) in [5, 5.41) is 3.55. The number of anilines is 1. The minimum Gasteiger partial charge on any atom is -0.455 e. The van der Waals surface area contributed by atoms with Crippen molar-refractivity contribution < 1.29 is 26.8 Å². The first kappa shape index (κ1) is 35.5. The Bertz CT molecular complexity index is 2720. The number of halogens is 1. The van der Waals surface area contributed by atoms with Crippen molar-refractivity contribution in [3.63, 3.8) is 0 Å². The van der Waals surface area contributed by atoms with Crippen LogP contribution in [0.4, 0.5) is 10.1 Å². The van der Waals surface area contributed by atoms with Gasteiger partial charge in [0.25, 0.3) is 5.91 Å².